The van der Waals surface area contributed by atoms with Crippen molar-refractivity contribution in [2.75, 3.05) is 19.7 Å². The number of halogens is 2. The Balaban J connectivity index is 1.78. The summed E-state index contributed by atoms with van der Waals surface area (Å²) < 4.78 is 5.79. The van der Waals surface area contributed by atoms with Gasteiger partial charge < -0.3 is 9.64 Å². The standard InChI is InChI=1S/C16H15Cl2NO2S/c1-10-4-15(22-9-10)16(20)19-2-3-21-14(8-19)11-5-12(17)7-13(18)6-11/h4-7,9,14H,2-3,8H2,1H3/t14-/m1/s1. The lowest BCUT2D eigenvalue weighted by molar-refractivity contribution is -0.0226. The predicted octanol–water partition coefficient (Wildman–Crippen LogP) is 4.58. The van der Waals surface area contributed by atoms with E-state index in [0.717, 1.165) is 16.0 Å². The molecule has 6 heteroatoms. The number of morpholine rings is 1. The van der Waals surface area contributed by atoms with Crippen molar-refractivity contribution < 1.29 is 9.53 Å². The second-order valence-corrected chi connectivity index (χ2v) is 7.09. The Labute approximate surface area is 143 Å². The smallest absolute Gasteiger partial charge is 0.264 e. The molecule has 3 nitrogen and oxygen atoms in total. The van der Waals surface area contributed by atoms with Crippen LogP contribution < -0.4 is 0 Å². The molecule has 0 unspecified atom stereocenters. The van der Waals surface area contributed by atoms with Crippen LogP contribution in [0.25, 0.3) is 0 Å². The number of rotatable bonds is 2. The Hall–Kier alpha value is -1.07. The molecule has 1 aliphatic heterocycles. The second kappa shape index (κ2) is 6.59. The average molecular weight is 356 g/mol. The summed E-state index contributed by atoms with van der Waals surface area (Å²) in [6.45, 7) is 3.60. The Morgan fingerprint density at radius 1 is 1.27 bits per heavy atom. The highest BCUT2D eigenvalue weighted by atomic mass is 35.5. The minimum absolute atomic E-state index is 0.0551. The molecule has 0 N–H and O–H groups in total. The highest BCUT2D eigenvalue weighted by Gasteiger charge is 2.27. The Bertz CT molecular complexity index is 681. The van der Waals surface area contributed by atoms with Gasteiger partial charge in [0.1, 0.15) is 6.10 Å². The van der Waals surface area contributed by atoms with Gasteiger partial charge in [-0.05, 0) is 47.7 Å². The average Bonchev–Trinajstić information content (AvgIpc) is 2.92. The lowest BCUT2D eigenvalue weighted by Gasteiger charge is -2.33. The van der Waals surface area contributed by atoms with E-state index < -0.39 is 0 Å². The molecule has 2 aromatic rings. The zero-order valence-corrected chi connectivity index (χ0v) is 14.3. The number of thiophene rings is 1. The monoisotopic (exact) mass is 355 g/mol. The van der Waals surface area contributed by atoms with Gasteiger partial charge in [0.25, 0.3) is 5.91 Å². The van der Waals surface area contributed by atoms with Gasteiger partial charge in [-0.1, -0.05) is 23.2 Å². The van der Waals surface area contributed by atoms with Gasteiger partial charge in [0.05, 0.1) is 18.0 Å². The maximum atomic E-state index is 12.6. The van der Waals surface area contributed by atoms with Crippen LogP contribution in [0.2, 0.25) is 10.0 Å². The van der Waals surface area contributed by atoms with Crippen LogP contribution in [-0.2, 0) is 4.74 Å². The van der Waals surface area contributed by atoms with E-state index in [1.165, 1.54) is 11.3 Å². The van der Waals surface area contributed by atoms with Gasteiger partial charge in [-0.15, -0.1) is 11.3 Å². The first-order valence-electron chi connectivity index (χ1n) is 6.95. The van der Waals surface area contributed by atoms with Gasteiger partial charge in [0.2, 0.25) is 0 Å². The number of nitrogens with zero attached hydrogens (tertiary/aromatic N) is 1. The minimum Gasteiger partial charge on any atom is -0.370 e. The van der Waals surface area contributed by atoms with Gasteiger partial charge in [0.15, 0.2) is 0 Å². The fraction of sp³-hybridized carbons (Fsp3) is 0.312. The first-order chi connectivity index (χ1) is 10.5. The fourth-order valence-corrected chi connectivity index (χ4v) is 3.90. The number of ether oxygens (including phenoxy) is 1. The van der Waals surface area contributed by atoms with Crippen molar-refractivity contribution in [3.8, 4) is 0 Å². The third kappa shape index (κ3) is 3.46. The molecule has 1 aromatic heterocycles. The molecule has 0 bridgehead atoms. The van der Waals surface area contributed by atoms with Crippen LogP contribution in [-0.4, -0.2) is 30.5 Å². The number of benzene rings is 1. The summed E-state index contributed by atoms with van der Waals surface area (Å²) in [4.78, 5) is 15.1. The van der Waals surface area contributed by atoms with Crippen molar-refractivity contribution in [2.24, 2.45) is 0 Å². The van der Waals surface area contributed by atoms with E-state index in [2.05, 4.69) is 0 Å². The van der Waals surface area contributed by atoms with Crippen molar-refractivity contribution in [1.29, 1.82) is 0 Å². The van der Waals surface area contributed by atoms with E-state index in [9.17, 15) is 4.79 Å². The summed E-state index contributed by atoms with van der Waals surface area (Å²) in [5.74, 6) is 0.0551. The number of amides is 1. The molecule has 0 saturated carbocycles. The fourth-order valence-electron chi connectivity index (χ4n) is 2.50. The van der Waals surface area contributed by atoms with Gasteiger partial charge >= 0.3 is 0 Å². The Kier molecular flexibility index (Phi) is 4.73. The lowest BCUT2D eigenvalue weighted by Crippen LogP contribution is -2.42. The van der Waals surface area contributed by atoms with Crippen molar-refractivity contribution in [3.63, 3.8) is 0 Å². The third-order valence-corrected chi connectivity index (χ3v) is 5.02. The molecule has 1 aliphatic rings. The summed E-state index contributed by atoms with van der Waals surface area (Å²) in [6.07, 6.45) is -0.199. The minimum atomic E-state index is -0.199. The third-order valence-electron chi connectivity index (χ3n) is 3.55. The van der Waals surface area contributed by atoms with Gasteiger partial charge in [0, 0.05) is 16.6 Å². The summed E-state index contributed by atoms with van der Waals surface area (Å²) in [6, 6.07) is 7.28. The molecule has 3 rings (SSSR count). The van der Waals surface area contributed by atoms with Crippen LogP contribution in [0.1, 0.15) is 26.9 Å². The van der Waals surface area contributed by atoms with Crippen LogP contribution in [0.3, 0.4) is 0 Å². The van der Waals surface area contributed by atoms with Crippen molar-refractivity contribution in [1.82, 2.24) is 4.90 Å². The molecule has 0 spiro atoms. The maximum Gasteiger partial charge on any atom is 0.264 e. The first kappa shape index (κ1) is 15.8. The summed E-state index contributed by atoms with van der Waals surface area (Å²) in [7, 11) is 0. The largest absolute Gasteiger partial charge is 0.370 e. The maximum absolute atomic E-state index is 12.6. The summed E-state index contributed by atoms with van der Waals surface area (Å²) in [5, 5.41) is 3.13. The van der Waals surface area contributed by atoms with E-state index in [1.54, 1.807) is 6.07 Å². The summed E-state index contributed by atoms with van der Waals surface area (Å²) in [5.41, 5.74) is 2.01. The quantitative estimate of drug-likeness (QED) is 0.789. The highest BCUT2D eigenvalue weighted by Crippen LogP contribution is 2.29. The predicted molar refractivity (Wildman–Crippen MR) is 90.1 cm³/mol. The molecule has 2 heterocycles. The topological polar surface area (TPSA) is 29.5 Å². The molecule has 0 aliphatic carbocycles. The molecule has 1 amide bonds. The summed E-state index contributed by atoms with van der Waals surface area (Å²) >= 11 is 13.6. The lowest BCUT2D eigenvalue weighted by atomic mass is 10.1. The van der Waals surface area contributed by atoms with Crippen LogP contribution in [0.5, 0.6) is 0 Å². The molecule has 0 radical (unpaired) electrons. The number of aryl methyl sites for hydroxylation is 1. The van der Waals surface area contributed by atoms with Gasteiger partial charge in [-0.25, -0.2) is 0 Å². The molecule has 1 aromatic carbocycles. The highest BCUT2D eigenvalue weighted by molar-refractivity contribution is 7.12. The molecule has 116 valence electrons. The Morgan fingerprint density at radius 2 is 2.00 bits per heavy atom. The number of carbonyl (C=O) groups excluding carboxylic acids is 1. The number of carbonyl (C=O) groups is 1. The first-order valence-corrected chi connectivity index (χ1v) is 8.58. The van der Waals surface area contributed by atoms with Gasteiger partial charge in [-0.3, -0.25) is 4.79 Å². The molecule has 1 saturated heterocycles. The zero-order chi connectivity index (χ0) is 15.7. The van der Waals surface area contributed by atoms with Crippen LogP contribution in [0, 0.1) is 6.92 Å². The van der Waals surface area contributed by atoms with Crippen LogP contribution in [0.4, 0.5) is 0 Å². The van der Waals surface area contributed by atoms with E-state index in [4.69, 9.17) is 27.9 Å². The zero-order valence-electron chi connectivity index (χ0n) is 12.0. The number of hydrogen-bond acceptors (Lipinski definition) is 3. The van der Waals surface area contributed by atoms with Gasteiger partial charge in [-0.2, -0.15) is 0 Å². The molecule has 1 fully saturated rings. The van der Waals surface area contributed by atoms with E-state index in [1.807, 2.05) is 35.4 Å². The van der Waals surface area contributed by atoms with Crippen molar-refractivity contribution in [2.45, 2.75) is 13.0 Å². The van der Waals surface area contributed by atoms with Crippen molar-refractivity contribution >= 4 is 40.4 Å². The normalized spacial score (nSPS) is 18.5. The molecule has 1 atom stereocenters. The van der Waals surface area contributed by atoms with Crippen LogP contribution in [0.15, 0.2) is 29.6 Å². The SMILES string of the molecule is Cc1csc(C(=O)N2CCO[C@@H](c3cc(Cl)cc(Cl)c3)C2)c1. The van der Waals surface area contributed by atoms with Crippen LogP contribution >= 0.6 is 34.5 Å². The van der Waals surface area contributed by atoms with E-state index in [-0.39, 0.29) is 12.0 Å². The number of hydrogen-bond donors (Lipinski definition) is 0. The van der Waals surface area contributed by atoms with E-state index >= 15 is 0 Å². The molecule has 22 heavy (non-hydrogen) atoms. The molecular weight excluding hydrogens is 341 g/mol. The Morgan fingerprint density at radius 3 is 2.64 bits per heavy atom. The van der Waals surface area contributed by atoms with E-state index in [0.29, 0.717) is 29.7 Å². The second-order valence-electron chi connectivity index (χ2n) is 5.30. The molecular formula is C16H15Cl2NO2S. The van der Waals surface area contributed by atoms with Crippen molar-refractivity contribution in [3.05, 3.63) is 55.7 Å².